The smallest absolute Gasteiger partial charge is 0.347 e. The highest BCUT2D eigenvalue weighted by Crippen LogP contribution is 2.41. The van der Waals surface area contributed by atoms with Gasteiger partial charge in [0.2, 0.25) is 5.52 Å². The zero-order valence-electron chi connectivity index (χ0n) is 12.7. The van der Waals surface area contributed by atoms with Gasteiger partial charge in [-0.1, -0.05) is 11.6 Å². The quantitative estimate of drug-likeness (QED) is 0.498. The third kappa shape index (κ3) is 3.31. The number of rotatable bonds is 4. The summed E-state index contributed by atoms with van der Waals surface area (Å²) < 4.78 is 43.1. The minimum atomic E-state index is -4.69. The molecule has 1 N–H and O–H groups in total. The number of nitro benzene ring substituents is 2. The van der Waals surface area contributed by atoms with Crippen LogP contribution in [0.1, 0.15) is 5.56 Å². The zero-order chi connectivity index (χ0) is 19.9. The summed E-state index contributed by atoms with van der Waals surface area (Å²) in [6.45, 7) is 0. The van der Waals surface area contributed by atoms with Gasteiger partial charge in [-0.3, -0.25) is 20.2 Å². The van der Waals surface area contributed by atoms with Crippen molar-refractivity contribution in [2.45, 2.75) is 6.18 Å². The third-order valence-electron chi connectivity index (χ3n) is 3.44. The van der Waals surface area contributed by atoms with Crippen LogP contribution >= 0.6 is 11.6 Å². The van der Waals surface area contributed by atoms with E-state index in [1.807, 2.05) is 0 Å². The van der Waals surface area contributed by atoms with Gasteiger partial charge < -0.3 is 5.32 Å². The molecule has 2 aromatic carbocycles. The highest BCUT2D eigenvalue weighted by molar-refractivity contribution is 6.33. The lowest BCUT2D eigenvalue weighted by molar-refractivity contribution is -0.392. The number of aromatic nitrogens is 2. The van der Waals surface area contributed by atoms with Gasteiger partial charge in [0.05, 0.1) is 32.2 Å². The minimum Gasteiger partial charge on any atom is -0.347 e. The van der Waals surface area contributed by atoms with Gasteiger partial charge in [0.25, 0.3) is 0 Å². The Morgan fingerprint density at radius 2 is 1.67 bits per heavy atom. The van der Waals surface area contributed by atoms with Gasteiger partial charge in [-0.15, -0.1) is 0 Å². The van der Waals surface area contributed by atoms with Gasteiger partial charge in [0.15, 0.2) is 5.52 Å². The standard InChI is InChI=1S/C13H5ClF3N5O5/c14-6-2-1-5(13(15,16)17)3-7(6)18-10-8(21(23)24)4-9(22(25)26)11-12(10)20-27-19-11/h1-4,18H. The molecule has 0 aliphatic rings. The van der Waals surface area contributed by atoms with Crippen LogP contribution in [-0.4, -0.2) is 20.2 Å². The number of hydrogen-bond donors (Lipinski definition) is 1. The Kier molecular flexibility index (Phi) is 4.31. The molecule has 0 aliphatic heterocycles. The minimum absolute atomic E-state index is 0.180. The fraction of sp³-hybridized carbons (Fsp3) is 0.0769. The van der Waals surface area contributed by atoms with Crippen molar-refractivity contribution < 1.29 is 27.6 Å². The van der Waals surface area contributed by atoms with Crippen LogP contribution in [0.4, 0.5) is 35.9 Å². The maximum atomic E-state index is 12.9. The monoisotopic (exact) mass is 403 g/mol. The molecule has 0 atom stereocenters. The molecular formula is C13H5ClF3N5O5. The van der Waals surface area contributed by atoms with Crippen molar-refractivity contribution in [2.75, 3.05) is 5.32 Å². The lowest BCUT2D eigenvalue weighted by atomic mass is 10.1. The van der Waals surface area contributed by atoms with Crippen molar-refractivity contribution in [3.8, 4) is 0 Å². The second-order valence-corrected chi connectivity index (χ2v) is 5.49. The van der Waals surface area contributed by atoms with E-state index in [0.717, 1.165) is 12.1 Å². The molecule has 0 radical (unpaired) electrons. The van der Waals surface area contributed by atoms with Gasteiger partial charge in [-0.2, -0.15) is 13.2 Å². The summed E-state index contributed by atoms with van der Waals surface area (Å²) >= 11 is 5.87. The van der Waals surface area contributed by atoms with Crippen molar-refractivity contribution in [1.29, 1.82) is 0 Å². The number of nitrogens with one attached hydrogen (secondary N) is 1. The third-order valence-corrected chi connectivity index (χ3v) is 3.77. The van der Waals surface area contributed by atoms with Crippen LogP contribution in [-0.2, 0) is 6.18 Å². The molecular weight excluding hydrogens is 399 g/mol. The number of benzene rings is 2. The summed E-state index contributed by atoms with van der Waals surface area (Å²) in [4.78, 5) is 20.5. The Hall–Kier alpha value is -3.48. The first-order valence-corrected chi connectivity index (χ1v) is 7.19. The van der Waals surface area contributed by atoms with Crippen molar-refractivity contribution in [3.63, 3.8) is 0 Å². The molecule has 0 aliphatic carbocycles. The first-order chi connectivity index (χ1) is 12.6. The van der Waals surface area contributed by atoms with E-state index in [1.165, 1.54) is 0 Å². The summed E-state index contributed by atoms with van der Waals surface area (Å²) in [6.07, 6.45) is -4.69. The molecule has 0 fully saturated rings. The van der Waals surface area contributed by atoms with E-state index in [-0.39, 0.29) is 10.7 Å². The zero-order valence-corrected chi connectivity index (χ0v) is 13.4. The Morgan fingerprint density at radius 1 is 1.04 bits per heavy atom. The number of nitro groups is 2. The molecule has 0 saturated carbocycles. The van der Waals surface area contributed by atoms with Gasteiger partial charge >= 0.3 is 17.6 Å². The van der Waals surface area contributed by atoms with E-state index < -0.39 is 49.7 Å². The number of alkyl halides is 3. The predicted molar refractivity (Wildman–Crippen MR) is 84.8 cm³/mol. The summed E-state index contributed by atoms with van der Waals surface area (Å²) in [7, 11) is 0. The maximum absolute atomic E-state index is 12.9. The molecule has 10 nitrogen and oxygen atoms in total. The summed E-state index contributed by atoms with van der Waals surface area (Å²) in [6, 6.07) is 2.90. The van der Waals surface area contributed by atoms with Crippen molar-refractivity contribution in [3.05, 3.63) is 55.1 Å². The van der Waals surface area contributed by atoms with E-state index in [0.29, 0.717) is 12.1 Å². The van der Waals surface area contributed by atoms with Crippen molar-refractivity contribution >= 4 is 45.4 Å². The average Bonchev–Trinajstić information content (AvgIpc) is 3.04. The van der Waals surface area contributed by atoms with Crippen LogP contribution < -0.4 is 5.32 Å². The van der Waals surface area contributed by atoms with Gasteiger partial charge in [-0.25, -0.2) is 4.63 Å². The molecule has 0 bridgehead atoms. The predicted octanol–water partition coefficient (Wildman–Crippen LogP) is 4.46. The molecule has 27 heavy (non-hydrogen) atoms. The molecule has 0 amide bonds. The summed E-state index contributed by atoms with van der Waals surface area (Å²) in [5.74, 6) is 0. The van der Waals surface area contributed by atoms with Crippen molar-refractivity contribution in [1.82, 2.24) is 10.3 Å². The Bertz CT molecular complexity index is 1080. The summed E-state index contributed by atoms with van der Waals surface area (Å²) in [5.41, 5.74) is -4.25. The largest absolute Gasteiger partial charge is 0.416 e. The molecule has 3 aromatic rings. The van der Waals surface area contributed by atoms with Crippen LogP contribution in [0.2, 0.25) is 5.02 Å². The normalized spacial score (nSPS) is 11.6. The molecule has 0 unspecified atom stereocenters. The van der Waals surface area contributed by atoms with Gasteiger partial charge in [0, 0.05) is 0 Å². The SMILES string of the molecule is O=[N+]([O-])c1cc([N+](=O)[O-])c2nonc2c1Nc1cc(C(F)(F)F)ccc1Cl. The molecule has 0 spiro atoms. The van der Waals surface area contributed by atoms with Crippen LogP contribution in [0.25, 0.3) is 11.0 Å². The van der Waals surface area contributed by atoms with E-state index in [1.54, 1.807) is 0 Å². The average molecular weight is 404 g/mol. The number of hydrogen-bond acceptors (Lipinski definition) is 8. The van der Waals surface area contributed by atoms with E-state index in [2.05, 4.69) is 20.3 Å². The second-order valence-electron chi connectivity index (χ2n) is 5.08. The number of anilines is 2. The second kappa shape index (κ2) is 6.35. The van der Waals surface area contributed by atoms with Crippen LogP contribution in [0.5, 0.6) is 0 Å². The van der Waals surface area contributed by atoms with Gasteiger partial charge in [0.1, 0.15) is 5.69 Å². The Morgan fingerprint density at radius 3 is 2.26 bits per heavy atom. The van der Waals surface area contributed by atoms with Crippen LogP contribution in [0, 0.1) is 20.2 Å². The molecule has 3 rings (SSSR count). The lowest BCUT2D eigenvalue weighted by Gasteiger charge is -2.12. The van der Waals surface area contributed by atoms with E-state index in [9.17, 15) is 33.4 Å². The summed E-state index contributed by atoms with van der Waals surface area (Å²) in [5, 5.41) is 31.3. The highest BCUT2D eigenvalue weighted by atomic mass is 35.5. The van der Waals surface area contributed by atoms with E-state index in [4.69, 9.17) is 11.6 Å². The first kappa shape index (κ1) is 18.3. The fourth-order valence-electron chi connectivity index (χ4n) is 2.25. The molecule has 140 valence electrons. The van der Waals surface area contributed by atoms with Crippen LogP contribution in [0.3, 0.4) is 0 Å². The topological polar surface area (TPSA) is 137 Å². The van der Waals surface area contributed by atoms with Gasteiger partial charge in [-0.05, 0) is 28.5 Å². The molecule has 0 saturated heterocycles. The van der Waals surface area contributed by atoms with E-state index >= 15 is 0 Å². The fourth-order valence-corrected chi connectivity index (χ4v) is 2.42. The number of fused-ring (bicyclic) bond motifs is 1. The number of non-ortho nitro benzene ring substituents is 1. The number of nitrogens with zero attached hydrogens (tertiary/aromatic N) is 4. The van der Waals surface area contributed by atoms with Crippen molar-refractivity contribution in [2.24, 2.45) is 0 Å². The first-order valence-electron chi connectivity index (χ1n) is 6.81. The maximum Gasteiger partial charge on any atom is 0.416 e. The molecule has 1 aromatic heterocycles. The lowest BCUT2D eigenvalue weighted by Crippen LogP contribution is -2.06. The highest BCUT2D eigenvalue weighted by Gasteiger charge is 2.33. The molecule has 1 heterocycles. The Labute approximate surface area is 150 Å². The van der Waals surface area contributed by atoms with Crippen LogP contribution in [0.15, 0.2) is 28.9 Å². The Balaban J connectivity index is 2.23. The molecule has 14 heteroatoms. The number of halogens is 4.